The highest BCUT2D eigenvalue weighted by atomic mass is 79.9. The number of aromatic nitrogens is 2. The summed E-state index contributed by atoms with van der Waals surface area (Å²) in [6, 6.07) is 0.405. The van der Waals surface area contributed by atoms with Crippen LogP contribution in [-0.4, -0.2) is 34.6 Å². The molecule has 1 heterocycles. The standard InChI is InChI=1S/C12H21BrN4S/c1-4-6-14-12-15-8-10(13)11(17-12)16-9(2)5-7-18-3/h8-9H,4-7H2,1-3H3,(H2,14,15,16,17). The fourth-order valence-corrected chi connectivity index (χ4v) is 2.29. The van der Waals surface area contributed by atoms with Crippen LogP contribution in [0.3, 0.4) is 0 Å². The Morgan fingerprint density at radius 3 is 2.94 bits per heavy atom. The van der Waals surface area contributed by atoms with Crippen molar-refractivity contribution in [2.75, 3.05) is 29.2 Å². The van der Waals surface area contributed by atoms with E-state index in [1.54, 1.807) is 6.20 Å². The zero-order valence-electron chi connectivity index (χ0n) is 11.2. The lowest BCUT2D eigenvalue weighted by atomic mass is 10.2. The molecule has 0 aliphatic heterocycles. The van der Waals surface area contributed by atoms with Crippen LogP contribution in [0.1, 0.15) is 26.7 Å². The Kier molecular flexibility index (Phi) is 7.42. The van der Waals surface area contributed by atoms with Crippen LogP contribution in [0.4, 0.5) is 11.8 Å². The van der Waals surface area contributed by atoms with Crippen molar-refractivity contribution in [2.45, 2.75) is 32.7 Å². The maximum atomic E-state index is 4.47. The lowest BCUT2D eigenvalue weighted by Gasteiger charge is -2.15. The summed E-state index contributed by atoms with van der Waals surface area (Å²) in [4.78, 5) is 8.70. The quantitative estimate of drug-likeness (QED) is 0.761. The molecule has 1 rings (SSSR count). The first-order valence-corrected chi connectivity index (χ1v) is 8.38. The van der Waals surface area contributed by atoms with E-state index in [4.69, 9.17) is 0 Å². The molecule has 102 valence electrons. The van der Waals surface area contributed by atoms with Gasteiger partial charge in [0.15, 0.2) is 0 Å². The summed E-state index contributed by atoms with van der Waals surface area (Å²) in [5.41, 5.74) is 0. The van der Waals surface area contributed by atoms with Gasteiger partial charge in [-0.3, -0.25) is 0 Å². The molecule has 1 atom stereocenters. The van der Waals surface area contributed by atoms with Crippen LogP contribution in [0, 0.1) is 0 Å². The molecule has 0 aliphatic carbocycles. The molecule has 18 heavy (non-hydrogen) atoms. The van der Waals surface area contributed by atoms with Crippen LogP contribution < -0.4 is 10.6 Å². The summed E-state index contributed by atoms with van der Waals surface area (Å²) in [5, 5.41) is 6.60. The number of anilines is 2. The van der Waals surface area contributed by atoms with Crippen molar-refractivity contribution in [3.05, 3.63) is 10.7 Å². The van der Waals surface area contributed by atoms with Crippen molar-refractivity contribution in [1.82, 2.24) is 9.97 Å². The number of thioether (sulfide) groups is 1. The van der Waals surface area contributed by atoms with Gasteiger partial charge in [0.25, 0.3) is 0 Å². The number of nitrogens with one attached hydrogen (secondary N) is 2. The summed E-state index contributed by atoms with van der Waals surface area (Å²) in [6.07, 6.45) is 6.09. The van der Waals surface area contributed by atoms with Gasteiger partial charge in [0.05, 0.1) is 4.47 Å². The largest absolute Gasteiger partial charge is 0.366 e. The number of halogens is 1. The van der Waals surface area contributed by atoms with E-state index in [-0.39, 0.29) is 0 Å². The van der Waals surface area contributed by atoms with Crippen molar-refractivity contribution < 1.29 is 0 Å². The molecule has 6 heteroatoms. The van der Waals surface area contributed by atoms with Crippen molar-refractivity contribution in [1.29, 1.82) is 0 Å². The van der Waals surface area contributed by atoms with Gasteiger partial charge >= 0.3 is 0 Å². The van der Waals surface area contributed by atoms with E-state index in [1.165, 1.54) is 0 Å². The van der Waals surface area contributed by atoms with Crippen LogP contribution in [0.2, 0.25) is 0 Å². The second-order valence-corrected chi connectivity index (χ2v) is 5.98. The van der Waals surface area contributed by atoms with E-state index in [9.17, 15) is 0 Å². The van der Waals surface area contributed by atoms with E-state index < -0.39 is 0 Å². The molecular weight excluding hydrogens is 312 g/mol. The second kappa shape index (κ2) is 8.58. The fourth-order valence-electron chi connectivity index (χ4n) is 1.39. The van der Waals surface area contributed by atoms with Crippen molar-refractivity contribution in [3.8, 4) is 0 Å². The van der Waals surface area contributed by atoms with Gasteiger partial charge in [-0.15, -0.1) is 0 Å². The molecule has 0 aromatic carbocycles. The van der Waals surface area contributed by atoms with Crippen LogP contribution >= 0.6 is 27.7 Å². The van der Waals surface area contributed by atoms with E-state index in [0.717, 1.165) is 35.4 Å². The summed E-state index contributed by atoms with van der Waals surface area (Å²) < 4.78 is 0.903. The maximum Gasteiger partial charge on any atom is 0.224 e. The number of nitrogens with zero attached hydrogens (tertiary/aromatic N) is 2. The van der Waals surface area contributed by atoms with Gasteiger partial charge in [-0.1, -0.05) is 6.92 Å². The Bertz CT molecular complexity index is 362. The van der Waals surface area contributed by atoms with Crippen molar-refractivity contribution >= 4 is 39.5 Å². The Morgan fingerprint density at radius 1 is 1.50 bits per heavy atom. The highest BCUT2D eigenvalue weighted by Gasteiger charge is 2.08. The molecule has 2 N–H and O–H groups in total. The van der Waals surface area contributed by atoms with Crippen LogP contribution in [-0.2, 0) is 0 Å². The monoisotopic (exact) mass is 332 g/mol. The Morgan fingerprint density at radius 2 is 2.28 bits per heavy atom. The lowest BCUT2D eigenvalue weighted by Crippen LogP contribution is -2.18. The predicted molar refractivity (Wildman–Crippen MR) is 84.6 cm³/mol. The third-order valence-corrected chi connectivity index (χ3v) is 3.64. The van der Waals surface area contributed by atoms with Gasteiger partial charge in [0.1, 0.15) is 5.82 Å². The zero-order chi connectivity index (χ0) is 13.4. The zero-order valence-corrected chi connectivity index (χ0v) is 13.6. The average molecular weight is 333 g/mol. The Hall–Kier alpha value is -0.490. The first kappa shape index (κ1) is 15.6. The van der Waals surface area contributed by atoms with Crippen LogP contribution in [0.15, 0.2) is 10.7 Å². The van der Waals surface area contributed by atoms with Crippen molar-refractivity contribution in [2.24, 2.45) is 0 Å². The molecule has 1 aromatic heterocycles. The molecule has 0 radical (unpaired) electrons. The van der Waals surface area contributed by atoms with Gasteiger partial charge in [0.2, 0.25) is 5.95 Å². The van der Waals surface area contributed by atoms with E-state index >= 15 is 0 Å². The van der Waals surface area contributed by atoms with Gasteiger partial charge in [0, 0.05) is 18.8 Å². The Labute approximate surface area is 122 Å². The van der Waals surface area contributed by atoms with Crippen LogP contribution in [0.5, 0.6) is 0 Å². The molecule has 0 aliphatic rings. The highest BCUT2D eigenvalue weighted by molar-refractivity contribution is 9.10. The number of hydrogen-bond acceptors (Lipinski definition) is 5. The predicted octanol–water partition coefficient (Wildman–Crippen LogP) is 3.61. The number of rotatable bonds is 8. The minimum atomic E-state index is 0.405. The second-order valence-electron chi connectivity index (χ2n) is 4.14. The molecule has 1 aromatic rings. The first-order chi connectivity index (χ1) is 8.67. The highest BCUT2D eigenvalue weighted by Crippen LogP contribution is 2.21. The third-order valence-electron chi connectivity index (χ3n) is 2.42. The minimum Gasteiger partial charge on any atom is -0.366 e. The van der Waals surface area contributed by atoms with E-state index in [0.29, 0.717) is 12.0 Å². The fraction of sp³-hybridized carbons (Fsp3) is 0.667. The summed E-state index contributed by atoms with van der Waals surface area (Å²) in [6.45, 7) is 5.18. The van der Waals surface area contributed by atoms with Gasteiger partial charge in [-0.2, -0.15) is 16.7 Å². The first-order valence-electron chi connectivity index (χ1n) is 6.19. The smallest absolute Gasteiger partial charge is 0.224 e. The Balaban J connectivity index is 2.62. The molecule has 0 bridgehead atoms. The van der Waals surface area contributed by atoms with Gasteiger partial charge < -0.3 is 10.6 Å². The molecule has 4 nitrogen and oxygen atoms in total. The molecule has 0 saturated carbocycles. The SMILES string of the molecule is CCCNc1ncc(Br)c(NC(C)CCSC)n1. The molecule has 0 spiro atoms. The van der Waals surface area contributed by atoms with E-state index in [2.05, 4.69) is 56.6 Å². The van der Waals surface area contributed by atoms with E-state index in [1.807, 2.05) is 11.8 Å². The molecular formula is C12H21BrN4S. The maximum absolute atomic E-state index is 4.47. The molecule has 0 amide bonds. The summed E-state index contributed by atoms with van der Waals surface area (Å²) in [7, 11) is 0. The molecule has 1 unspecified atom stereocenters. The third kappa shape index (κ3) is 5.44. The van der Waals surface area contributed by atoms with Gasteiger partial charge in [-0.05, 0) is 47.7 Å². The minimum absolute atomic E-state index is 0.405. The van der Waals surface area contributed by atoms with Crippen molar-refractivity contribution in [3.63, 3.8) is 0 Å². The van der Waals surface area contributed by atoms with Crippen LogP contribution in [0.25, 0.3) is 0 Å². The average Bonchev–Trinajstić information content (AvgIpc) is 2.37. The number of hydrogen-bond donors (Lipinski definition) is 2. The van der Waals surface area contributed by atoms with Gasteiger partial charge in [-0.25, -0.2) is 4.98 Å². The summed E-state index contributed by atoms with van der Waals surface area (Å²) >= 11 is 5.34. The molecule has 0 saturated heterocycles. The normalized spacial score (nSPS) is 12.2. The molecule has 0 fully saturated rings. The summed E-state index contributed by atoms with van der Waals surface area (Å²) in [5.74, 6) is 2.69. The topological polar surface area (TPSA) is 49.8 Å². The lowest BCUT2D eigenvalue weighted by molar-refractivity contribution is 0.765.